The van der Waals surface area contributed by atoms with Gasteiger partial charge in [0.1, 0.15) is 0 Å². The van der Waals surface area contributed by atoms with Crippen molar-refractivity contribution in [3.05, 3.63) is 35.9 Å². The summed E-state index contributed by atoms with van der Waals surface area (Å²) in [6, 6.07) is 9.74. The molecule has 21 heavy (non-hydrogen) atoms. The van der Waals surface area contributed by atoms with Gasteiger partial charge in [0.05, 0.1) is 5.92 Å². The molecule has 2 bridgehead atoms. The van der Waals surface area contributed by atoms with Gasteiger partial charge in [0.25, 0.3) is 0 Å². The van der Waals surface area contributed by atoms with Gasteiger partial charge in [-0.2, -0.15) is 0 Å². The summed E-state index contributed by atoms with van der Waals surface area (Å²) in [5, 5.41) is 0. The van der Waals surface area contributed by atoms with Crippen LogP contribution in [0.15, 0.2) is 30.3 Å². The van der Waals surface area contributed by atoms with Crippen molar-refractivity contribution in [1.29, 1.82) is 0 Å². The Labute approximate surface area is 125 Å². The van der Waals surface area contributed by atoms with Gasteiger partial charge in [-0.3, -0.25) is 14.5 Å². The smallest absolute Gasteiger partial charge is 0.304 e. The van der Waals surface area contributed by atoms with E-state index in [0.717, 1.165) is 25.7 Å². The number of hydrogen-bond acceptors (Lipinski definition) is 4. The minimum absolute atomic E-state index is 0.0871. The molecule has 0 radical (unpaired) electrons. The Morgan fingerprint density at radius 1 is 1.19 bits per heavy atom. The Hall–Kier alpha value is -1.68. The molecule has 3 rings (SSSR count). The highest BCUT2D eigenvalue weighted by atomic mass is 16.6. The molecule has 0 aliphatic carbocycles. The maximum absolute atomic E-state index is 12.9. The van der Waals surface area contributed by atoms with E-state index >= 15 is 0 Å². The minimum atomic E-state index is -0.748. The van der Waals surface area contributed by atoms with Crippen molar-refractivity contribution < 1.29 is 14.3 Å². The SMILES string of the molecule is CC(=O)O[C@@]12CC[C@@H](CCC1C(=O)c1ccccc1)N2C. The fourth-order valence-electron chi connectivity index (χ4n) is 3.98. The van der Waals surface area contributed by atoms with Crippen LogP contribution in [0.1, 0.15) is 43.0 Å². The normalized spacial score (nSPS) is 31.9. The summed E-state index contributed by atoms with van der Waals surface area (Å²) < 4.78 is 5.70. The number of carbonyl (C=O) groups excluding carboxylic acids is 2. The van der Waals surface area contributed by atoms with Crippen molar-refractivity contribution in [1.82, 2.24) is 4.90 Å². The van der Waals surface area contributed by atoms with E-state index in [1.807, 2.05) is 37.4 Å². The third kappa shape index (κ3) is 2.27. The zero-order valence-electron chi connectivity index (χ0n) is 12.5. The van der Waals surface area contributed by atoms with Gasteiger partial charge in [-0.15, -0.1) is 0 Å². The average Bonchev–Trinajstić information content (AvgIpc) is 2.67. The van der Waals surface area contributed by atoms with Crippen molar-refractivity contribution in [3.8, 4) is 0 Å². The number of esters is 1. The van der Waals surface area contributed by atoms with E-state index in [1.54, 1.807) is 0 Å². The second kappa shape index (κ2) is 5.26. The third-order valence-corrected chi connectivity index (χ3v) is 5.01. The summed E-state index contributed by atoms with van der Waals surface area (Å²) >= 11 is 0. The highest BCUT2D eigenvalue weighted by Gasteiger charge is 2.57. The van der Waals surface area contributed by atoms with E-state index in [2.05, 4.69) is 4.90 Å². The van der Waals surface area contributed by atoms with Gasteiger partial charge in [0.2, 0.25) is 0 Å². The summed E-state index contributed by atoms with van der Waals surface area (Å²) in [7, 11) is 1.98. The maximum Gasteiger partial charge on any atom is 0.304 e. The summed E-state index contributed by atoms with van der Waals surface area (Å²) in [6.45, 7) is 1.43. The van der Waals surface area contributed by atoms with Crippen LogP contribution in [0.3, 0.4) is 0 Å². The number of fused-ring (bicyclic) bond motifs is 2. The van der Waals surface area contributed by atoms with E-state index in [1.165, 1.54) is 6.92 Å². The van der Waals surface area contributed by atoms with E-state index in [4.69, 9.17) is 4.74 Å². The Kier molecular flexibility index (Phi) is 3.57. The van der Waals surface area contributed by atoms with Crippen molar-refractivity contribution in [2.45, 2.75) is 44.4 Å². The number of Topliss-reactive ketones (excluding diaryl/α,β-unsaturated/α-hetero) is 1. The minimum Gasteiger partial charge on any atom is -0.443 e. The zero-order valence-corrected chi connectivity index (χ0v) is 12.5. The fourth-order valence-corrected chi connectivity index (χ4v) is 3.98. The van der Waals surface area contributed by atoms with Crippen LogP contribution in [-0.4, -0.2) is 35.5 Å². The Bertz CT molecular complexity index is 556. The lowest BCUT2D eigenvalue weighted by Gasteiger charge is -2.46. The molecule has 0 saturated carbocycles. The van der Waals surface area contributed by atoms with Gasteiger partial charge < -0.3 is 4.74 Å². The van der Waals surface area contributed by atoms with Crippen LogP contribution in [0.2, 0.25) is 0 Å². The number of carbonyl (C=O) groups is 2. The monoisotopic (exact) mass is 287 g/mol. The van der Waals surface area contributed by atoms with Crippen molar-refractivity contribution in [2.24, 2.45) is 5.92 Å². The molecule has 2 aliphatic rings. The molecule has 1 aromatic carbocycles. The Morgan fingerprint density at radius 3 is 2.57 bits per heavy atom. The average molecular weight is 287 g/mol. The first-order valence-corrected chi connectivity index (χ1v) is 7.56. The molecular formula is C17H21NO3. The summed E-state index contributed by atoms with van der Waals surface area (Å²) in [6.07, 6.45) is 3.51. The van der Waals surface area contributed by atoms with E-state index in [0.29, 0.717) is 11.6 Å². The van der Waals surface area contributed by atoms with E-state index < -0.39 is 5.72 Å². The molecule has 4 heteroatoms. The number of rotatable bonds is 3. The number of piperidine rings is 1. The lowest BCUT2D eigenvalue weighted by molar-refractivity contribution is -0.192. The van der Waals surface area contributed by atoms with Crippen molar-refractivity contribution in [3.63, 3.8) is 0 Å². The van der Waals surface area contributed by atoms with E-state index in [9.17, 15) is 9.59 Å². The largest absolute Gasteiger partial charge is 0.443 e. The van der Waals surface area contributed by atoms with Gasteiger partial charge >= 0.3 is 5.97 Å². The summed E-state index contributed by atoms with van der Waals surface area (Å²) in [4.78, 5) is 26.6. The molecule has 0 spiro atoms. The lowest BCUT2D eigenvalue weighted by atomic mass is 9.81. The Balaban J connectivity index is 1.96. The number of benzene rings is 1. The van der Waals surface area contributed by atoms with Crippen LogP contribution in [0, 0.1) is 5.92 Å². The molecule has 0 aromatic heterocycles. The zero-order chi connectivity index (χ0) is 15.0. The molecule has 3 atom stereocenters. The van der Waals surface area contributed by atoms with Gasteiger partial charge in [-0.1, -0.05) is 30.3 Å². The first-order chi connectivity index (χ1) is 10.0. The molecule has 112 valence electrons. The van der Waals surface area contributed by atoms with Gasteiger partial charge in [0, 0.05) is 24.9 Å². The second-order valence-electron chi connectivity index (χ2n) is 6.10. The van der Waals surface area contributed by atoms with Gasteiger partial charge in [-0.25, -0.2) is 0 Å². The molecule has 0 N–H and O–H groups in total. The van der Waals surface area contributed by atoms with Crippen LogP contribution in [0.4, 0.5) is 0 Å². The highest BCUT2D eigenvalue weighted by Crippen LogP contribution is 2.48. The van der Waals surface area contributed by atoms with Crippen molar-refractivity contribution >= 4 is 11.8 Å². The highest BCUT2D eigenvalue weighted by molar-refractivity contribution is 5.98. The quantitative estimate of drug-likeness (QED) is 0.633. The predicted octanol–water partition coefficient (Wildman–Crippen LogP) is 2.63. The second-order valence-corrected chi connectivity index (χ2v) is 6.10. The van der Waals surface area contributed by atoms with Crippen LogP contribution >= 0.6 is 0 Å². The summed E-state index contributed by atoms with van der Waals surface area (Å²) in [5.74, 6) is -0.494. The predicted molar refractivity (Wildman–Crippen MR) is 78.8 cm³/mol. The van der Waals surface area contributed by atoms with Crippen LogP contribution in [0.25, 0.3) is 0 Å². The number of ether oxygens (including phenoxy) is 1. The lowest BCUT2D eigenvalue weighted by Crippen LogP contribution is -2.58. The standard InChI is InChI=1S/C17H21NO3/c1-12(19)21-17-11-10-14(18(17)2)8-9-15(17)16(20)13-6-4-3-5-7-13/h3-7,14-15H,8-11H2,1-2H3/t14-,15?,17+/m1/s1. The van der Waals surface area contributed by atoms with Crippen LogP contribution in [-0.2, 0) is 9.53 Å². The number of nitrogens with zero attached hydrogens (tertiary/aromatic N) is 1. The third-order valence-electron chi connectivity index (χ3n) is 5.01. The fraction of sp³-hybridized carbons (Fsp3) is 0.529. The number of ketones is 1. The molecule has 2 heterocycles. The van der Waals surface area contributed by atoms with E-state index in [-0.39, 0.29) is 17.7 Å². The first-order valence-electron chi connectivity index (χ1n) is 7.56. The number of hydrogen-bond donors (Lipinski definition) is 0. The first kappa shape index (κ1) is 14.3. The molecule has 1 unspecified atom stereocenters. The molecule has 2 saturated heterocycles. The topological polar surface area (TPSA) is 46.6 Å². The maximum atomic E-state index is 12.9. The van der Waals surface area contributed by atoms with Crippen LogP contribution < -0.4 is 0 Å². The van der Waals surface area contributed by atoms with Gasteiger partial charge in [0.15, 0.2) is 11.5 Å². The molecule has 2 aliphatic heterocycles. The molecular weight excluding hydrogens is 266 g/mol. The van der Waals surface area contributed by atoms with Crippen molar-refractivity contribution in [2.75, 3.05) is 7.05 Å². The Morgan fingerprint density at radius 2 is 1.90 bits per heavy atom. The summed E-state index contributed by atoms with van der Waals surface area (Å²) in [5.41, 5.74) is -0.0467. The molecule has 2 fully saturated rings. The molecule has 1 aromatic rings. The van der Waals surface area contributed by atoms with Gasteiger partial charge in [-0.05, 0) is 26.3 Å². The molecule has 4 nitrogen and oxygen atoms in total. The van der Waals surface area contributed by atoms with Crippen LogP contribution in [0.5, 0.6) is 0 Å². The molecule has 0 amide bonds.